The van der Waals surface area contributed by atoms with Gasteiger partial charge in [-0.2, -0.15) is 0 Å². The Labute approximate surface area is 142 Å². The smallest absolute Gasteiger partial charge is 0.254 e. The molecule has 0 unspecified atom stereocenters. The molecule has 0 saturated carbocycles. The first-order valence-electron chi connectivity index (χ1n) is 7.79. The third-order valence-electron chi connectivity index (χ3n) is 4.81. The highest BCUT2D eigenvalue weighted by Gasteiger charge is 2.47. The van der Waals surface area contributed by atoms with Crippen LogP contribution >= 0.6 is 0 Å². The van der Waals surface area contributed by atoms with Crippen LogP contribution in [0.2, 0.25) is 0 Å². The van der Waals surface area contributed by atoms with E-state index in [0.29, 0.717) is 30.2 Å². The quantitative estimate of drug-likeness (QED) is 0.775. The maximum absolute atomic E-state index is 13.0. The predicted molar refractivity (Wildman–Crippen MR) is 89.4 cm³/mol. The fraction of sp³-hybridized carbons (Fsp3) is 0.562. The van der Waals surface area contributed by atoms with Gasteiger partial charge >= 0.3 is 0 Å². The lowest BCUT2D eigenvalue weighted by Crippen LogP contribution is -2.59. The molecule has 0 aliphatic carbocycles. The number of hydrogen-bond acceptors (Lipinski definition) is 6. The number of nitrogens with zero attached hydrogens (tertiary/aromatic N) is 2. The summed E-state index contributed by atoms with van der Waals surface area (Å²) in [5.41, 5.74) is 0.443. The number of carbonyl (C=O) groups is 1. The molecule has 2 fully saturated rings. The van der Waals surface area contributed by atoms with E-state index in [0.717, 1.165) is 0 Å². The molecule has 1 amide bonds. The van der Waals surface area contributed by atoms with E-state index in [1.807, 2.05) is 11.9 Å². The van der Waals surface area contributed by atoms with Gasteiger partial charge in [-0.25, -0.2) is 8.42 Å². The lowest BCUT2D eigenvalue weighted by atomic mass is 10.0. The third-order valence-corrected chi connectivity index (χ3v) is 6.51. The first kappa shape index (κ1) is 17.0. The Balaban J connectivity index is 1.92. The minimum absolute atomic E-state index is 0.0227. The number of likely N-dealkylation sites (N-methyl/N-ethyl adjacent to an activating group) is 1. The standard InChI is InChI=1S/C16H22N2O5S/c1-17-4-5-18(15-10-24(20,21)9-14(15)17)16(19)11-6-12(22-2)8-13(7-11)23-3/h6-8,14-15H,4-5,9-10H2,1-3H3/t14-,15+/m0/s1. The summed E-state index contributed by atoms with van der Waals surface area (Å²) in [6, 6.07) is 4.56. The molecule has 0 spiro atoms. The van der Waals surface area contributed by atoms with Gasteiger partial charge in [0.25, 0.3) is 5.91 Å². The molecule has 24 heavy (non-hydrogen) atoms. The summed E-state index contributed by atoms with van der Waals surface area (Å²) in [5.74, 6) is 1.01. The normalized spacial score (nSPS) is 26.0. The van der Waals surface area contributed by atoms with Crippen LogP contribution in [0.3, 0.4) is 0 Å². The Bertz CT molecular complexity index is 727. The number of fused-ring (bicyclic) bond motifs is 1. The van der Waals surface area contributed by atoms with Gasteiger partial charge in [-0.1, -0.05) is 0 Å². The molecule has 2 aliphatic rings. The Kier molecular flexibility index (Phi) is 4.44. The lowest BCUT2D eigenvalue weighted by Gasteiger charge is -2.42. The van der Waals surface area contributed by atoms with Crippen LogP contribution in [0.5, 0.6) is 11.5 Å². The molecule has 1 aromatic carbocycles. The number of benzene rings is 1. The summed E-state index contributed by atoms with van der Waals surface area (Å²) in [6.45, 7) is 1.16. The van der Waals surface area contributed by atoms with Crippen molar-refractivity contribution >= 4 is 15.7 Å². The van der Waals surface area contributed by atoms with Gasteiger partial charge in [0.15, 0.2) is 9.84 Å². The number of ether oxygens (including phenoxy) is 2. The number of carbonyl (C=O) groups excluding carboxylic acids is 1. The molecule has 8 heteroatoms. The van der Waals surface area contributed by atoms with E-state index in [4.69, 9.17) is 9.47 Å². The molecule has 3 rings (SSSR count). The average molecular weight is 354 g/mol. The van der Waals surface area contributed by atoms with Crippen LogP contribution in [0.4, 0.5) is 0 Å². The molecule has 1 aromatic rings. The minimum Gasteiger partial charge on any atom is -0.497 e. The summed E-state index contributed by atoms with van der Waals surface area (Å²) in [4.78, 5) is 16.7. The van der Waals surface area contributed by atoms with Crippen molar-refractivity contribution < 1.29 is 22.7 Å². The van der Waals surface area contributed by atoms with Crippen molar-refractivity contribution in [3.05, 3.63) is 23.8 Å². The molecular formula is C16H22N2O5S. The first-order valence-corrected chi connectivity index (χ1v) is 9.61. The van der Waals surface area contributed by atoms with Crippen LogP contribution in [0, 0.1) is 0 Å². The number of piperazine rings is 1. The molecule has 7 nitrogen and oxygen atoms in total. The van der Waals surface area contributed by atoms with Gasteiger partial charge in [-0.05, 0) is 19.2 Å². The molecule has 132 valence electrons. The van der Waals surface area contributed by atoms with Gasteiger partial charge in [0.2, 0.25) is 0 Å². The van der Waals surface area contributed by atoms with Gasteiger partial charge in [-0.3, -0.25) is 9.69 Å². The van der Waals surface area contributed by atoms with Crippen molar-refractivity contribution in [2.75, 3.05) is 45.9 Å². The highest BCUT2D eigenvalue weighted by atomic mass is 32.2. The number of methoxy groups -OCH3 is 2. The van der Waals surface area contributed by atoms with Crippen molar-refractivity contribution in [1.82, 2.24) is 9.80 Å². The molecule has 2 saturated heterocycles. The van der Waals surface area contributed by atoms with E-state index >= 15 is 0 Å². The van der Waals surface area contributed by atoms with E-state index in [2.05, 4.69) is 0 Å². The van der Waals surface area contributed by atoms with E-state index in [1.54, 1.807) is 23.1 Å². The van der Waals surface area contributed by atoms with Crippen molar-refractivity contribution in [3.8, 4) is 11.5 Å². The summed E-state index contributed by atoms with van der Waals surface area (Å²) >= 11 is 0. The van der Waals surface area contributed by atoms with Crippen LogP contribution in [0.15, 0.2) is 18.2 Å². The van der Waals surface area contributed by atoms with Gasteiger partial charge in [0.1, 0.15) is 11.5 Å². The number of amides is 1. The maximum Gasteiger partial charge on any atom is 0.254 e. The summed E-state index contributed by atoms with van der Waals surface area (Å²) in [5, 5.41) is 0. The Morgan fingerprint density at radius 2 is 1.62 bits per heavy atom. The Hall–Kier alpha value is -1.80. The van der Waals surface area contributed by atoms with E-state index < -0.39 is 9.84 Å². The van der Waals surface area contributed by atoms with Crippen LogP contribution in [-0.4, -0.2) is 82.1 Å². The van der Waals surface area contributed by atoms with E-state index in [1.165, 1.54) is 14.2 Å². The summed E-state index contributed by atoms with van der Waals surface area (Å²) in [6.07, 6.45) is 0. The molecule has 0 aromatic heterocycles. The second-order valence-electron chi connectivity index (χ2n) is 6.29. The van der Waals surface area contributed by atoms with Gasteiger partial charge in [0, 0.05) is 30.8 Å². The second kappa shape index (κ2) is 6.25. The first-order chi connectivity index (χ1) is 11.3. The van der Waals surface area contributed by atoms with Crippen molar-refractivity contribution in [1.29, 1.82) is 0 Å². The zero-order valence-electron chi connectivity index (χ0n) is 14.1. The molecule has 0 N–H and O–H groups in total. The fourth-order valence-corrected chi connectivity index (χ4v) is 5.53. The number of rotatable bonds is 3. The molecule has 2 atom stereocenters. The highest BCUT2D eigenvalue weighted by Crippen LogP contribution is 2.29. The van der Waals surface area contributed by atoms with E-state index in [-0.39, 0.29) is 29.5 Å². The van der Waals surface area contributed by atoms with Gasteiger partial charge in [0.05, 0.1) is 31.8 Å². The van der Waals surface area contributed by atoms with Crippen LogP contribution < -0.4 is 9.47 Å². The van der Waals surface area contributed by atoms with Crippen LogP contribution in [0.1, 0.15) is 10.4 Å². The zero-order chi connectivity index (χ0) is 17.5. The van der Waals surface area contributed by atoms with E-state index in [9.17, 15) is 13.2 Å². The second-order valence-corrected chi connectivity index (χ2v) is 8.45. The topological polar surface area (TPSA) is 76.2 Å². The zero-order valence-corrected chi connectivity index (χ0v) is 14.9. The number of sulfone groups is 1. The maximum atomic E-state index is 13.0. The highest BCUT2D eigenvalue weighted by molar-refractivity contribution is 7.91. The Morgan fingerprint density at radius 1 is 1.04 bits per heavy atom. The fourth-order valence-electron chi connectivity index (χ4n) is 3.48. The minimum atomic E-state index is -3.12. The summed E-state index contributed by atoms with van der Waals surface area (Å²) < 4.78 is 34.5. The molecular weight excluding hydrogens is 332 g/mol. The van der Waals surface area contributed by atoms with Crippen LogP contribution in [-0.2, 0) is 9.84 Å². The molecule has 0 radical (unpaired) electrons. The van der Waals surface area contributed by atoms with Gasteiger partial charge in [-0.15, -0.1) is 0 Å². The molecule has 2 aliphatic heterocycles. The van der Waals surface area contributed by atoms with Crippen molar-refractivity contribution in [2.45, 2.75) is 12.1 Å². The monoisotopic (exact) mass is 354 g/mol. The average Bonchev–Trinajstić information content (AvgIpc) is 2.90. The lowest BCUT2D eigenvalue weighted by molar-refractivity contribution is 0.0409. The van der Waals surface area contributed by atoms with Crippen molar-refractivity contribution in [3.63, 3.8) is 0 Å². The molecule has 2 heterocycles. The van der Waals surface area contributed by atoms with Crippen molar-refractivity contribution in [2.24, 2.45) is 0 Å². The SMILES string of the molecule is COc1cc(OC)cc(C(=O)N2CCN(C)[C@H]3CS(=O)(=O)C[C@H]32)c1. The summed E-state index contributed by atoms with van der Waals surface area (Å²) in [7, 11) is 1.84. The van der Waals surface area contributed by atoms with Crippen LogP contribution in [0.25, 0.3) is 0 Å². The predicted octanol–water partition coefficient (Wildman–Crippen LogP) is 0.257. The third kappa shape index (κ3) is 3.08. The Morgan fingerprint density at radius 3 is 2.21 bits per heavy atom. The van der Waals surface area contributed by atoms with Gasteiger partial charge < -0.3 is 14.4 Å². The number of hydrogen-bond donors (Lipinski definition) is 0. The largest absolute Gasteiger partial charge is 0.497 e. The molecule has 0 bridgehead atoms.